The molecule has 0 bridgehead atoms. The molecule has 0 N–H and O–H groups in total. The highest BCUT2D eigenvalue weighted by Gasteiger charge is 2.24. The maximum atomic E-state index is 11.6. The van der Waals surface area contributed by atoms with E-state index in [1.54, 1.807) is 12.2 Å². The van der Waals surface area contributed by atoms with Gasteiger partial charge in [-0.25, -0.2) is 0 Å². The summed E-state index contributed by atoms with van der Waals surface area (Å²) in [6, 6.07) is 0. The van der Waals surface area contributed by atoms with E-state index >= 15 is 0 Å². The molecule has 0 radical (unpaired) electrons. The van der Waals surface area contributed by atoms with Crippen molar-refractivity contribution in [3.05, 3.63) is 12.2 Å². The Morgan fingerprint density at radius 2 is 1.67 bits per heavy atom. The van der Waals surface area contributed by atoms with E-state index in [4.69, 9.17) is 9.47 Å². The van der Waals surface area contributed by atoms with Crippen LogP contribution in [-0.2, 0) is 14.3 Å². The number of rotatable bonds is 12. The third kappa shape index (κ3) is 8.37. The van der Waals surface area contributed by atoms with Gasteiger partial charge in [-0.05, 0) is 25.0 Å². The molecule has 0 saturated heterocycles. The molecule has 122 valence electrons. The molecule has 2 atom stereocenters. The van der Waals surface area contributed by atoms with Gasteiger partial charge >= 0.3 is 0 Å². The SMILES string of the molecule is CCCCCCCCCCOC1C=CC(=O)C(CCC)O1. The average molecular weight is 296 g/mol. The minimum absolute atomic E-state index is 0.0729. The van der Waals surface area contributed by atoms with Gasteiger partial charge in [0.2, 0.25) is 0 Å². The second-order valence-electron chi connectivity index (χ2n) is 5.89. The van der Waals surface area contributed by atoms with Crippen molar-refractivity contribution in [2.45, 2.75) is 90.4 Å². The predicted octanol–water partition coefficient (Wildman–Crippen LogP) is 4.79. The number of hydrogen-bond acceptors (Lipinski definition) is 3. The van der Waals surface area contributed by atoms with Gasteiger partial charge in [0.05, 0.1) is 6.61 Å². The first kappa shape index (κ1) is 18.4. The van der Waals surface area contributed by atoms with Crippen LogP contribution < -0.4 is 0 Å². The molecule has 0 fully saturated rings. The van der Waals surface area contributed by atoms with Crippen molar-refractivity contribution >= 4 is 5.78 Å². The van der Waals surface area contributed by atoms with E-state index in [2.05, 4.69) is 13.8 Å². The first-order chi connectivity index (χ1) is 10.3. The van der Waals surface area contributed by atoms with Gasteiger partial charge in [0, 0.05) is 0 Å². The maximum absolute atomic E-state index is 11.6. The highest BCUT2D eigenvalue weighted by Crippen LogP contribution is 2.15. The highest BCUT2D eigenvalue weighted by atomic mass is 16.7. The van der Waals surface area contributed by atoms with Crippen LogP contribution >= 0.6 is 0 Å². The number of carbonyl (C=O) groups is 1. The van der Waals surface area contributed by atoms with E-state index < -0.39 is 0 Å². The molecule has 3 nitrogen and oxygen atoms in total. The molecule has 0 aromatic heterocycles. The molecule has 21 heavy (non-hydrogen) atoms. The molecule has 1 heterocycles. The van der Waals surface area contributed by atoms with Gasteiger partial charge in [0.25, 0.3) is 0 Å². The predicted molar refractivity (Wildman–Crippen MR) is 86.3 cm³/mol. The van der Waals surface area contributed by atoms with Crippen LogP contribution in [0.1, 0.15) is 78.1 Å². The second-order valence-corrected chi connectivity index (χ2v) is 5.89. The van der Waals surface area contributed by atoms with Crippen LogP contribution in [0, 0.1) is 0 Å². The van der Waals surface area contributed by atoms with Crippen molar-refractivity contribution in [1.82, 2.24) is 0 Å². The van der Waals surface area contributed by atoms with Crippen molar-refractivity contribution < 1.29 is 14.3 Å². The van der Waals surface area contributed by atoms with Gasteiger partial charge in [-0.2, -0.15) is 0 Å². The molecular weight excluding hydrogens is 264 g/mol. The first-order valence-electron chi connectivity index (χ1n) is 8.77. The molecule has 0 spiro atoms. The van der Waals surface area contributed by atoms with Gasteiger partial charge in [-0.15, -0.1) is 0 Å². The molecule has 0 aliphatic carbocycles. The quantitative estimate of drug-likeness (QED) is 0.486. The van der Waals surface area contributed by atoms with E-state index in [0.717, 1.165) is 25.9 Å². The Morgan fingerprint density at radius 1 is 1.00 bits per heavy atom. The lowest BCUT2D eigenvalue weighted by Gasteiger charge is -2.24. The molecule has 0 saturated carbocycles. The fourth-order valence-corrected chi connectivity index (χ4v) is 2.56. The van der Waals surface area contributed by atoms with Gasteiger partial charge in [-0.3, -0.25) is 4.79 Å². The van der Waals surface area contributed by atoms with E-state index in [0.29, 0.717) is 0 Å². The zero-order valence-electron chi connectivity index (χ0n) is 13.8. The summed E-state index contributed by atoms with van der Waals surface area (Å²) in [5, 5.41) is 0. The lowest BCUT2D eigenvalue weighted by molar-refractivity contribution is -0.164. The Kier molecular flexibility index (Phi) is 10.4. The van der Waals surface area contributed by atoms with Gasteiger partial charge < -0.3 is 9.47 Å². The monoisotopic (exact) mass is 296 g/mol. The molecule has 1 rings (SSSR count). The standard InChI is InChI=1S/C18H32O3/c1-3-5-6-7-8-9-10-11-15-20-18-14-13-16(19)17(21-18)12-4-2/h13-14,17-18H,3-12,15H2,1-2H3. The van der Waals surface area contributed by atoms with Crippen LogP contribution in [0.5, 0.6) is 0 Å². The summed E-state index contributed by atoms with van der Waals surface area (Å²) in [4.78, 5) is 11.6. The highest BCUT2D eigenvalue weighted by molar-refractivity contribution is 5.94. The molecule has 3 heteroatoms. The Hall–Kier alpha value is -0.670. The van der Waals surface area contributed by atoms with Crippen LogP contribution in [0.4, 0.5) is 0 Å². The van der Waals surface area contributed by atoms with Crippen molar-refractivity contribution in [3.8, 4) is 0 Å². The van der Waals surface area contributed by atoms with Crippen molar-refractivity contribution in [2.75, 3.05) is 6.61 Å². The molecule has 2 unspecified atom stereocenters. The summed E-state index contributed by atoms with van der Waals surface area (Å²) >= 11 is 0. The van der Waals surface area contributed by atoms with E-state index in [1.165, 1.54) is 44.9 Å². The van der Waals surface area contributed by atoms with Gasteiger partial charge in [-0.1, -0.05) is 65.2 Å². The minimum atomic E-state index is -0.330. The Bertz CT molecular complexity index is 299. The Balaban J connectivity index is 2.00. The van der Waals surface area contributed by atoms with Gasteiger partial charge in [0.1, 0.15) is 6.10 Å². The molecular formula is C18H32O3. The average Bonchev–Trinajstić information content (AvgIpc) is 2.49. The fourth-order valence-electron chi connectivity index (χ4n) is 2.56. The van der Waals surface area contributed by atoms with Crippen LogP contribution in [0.2, 0.25) is 0 Å². The zero-order valence-corrected chi connectivity index (χ0v) is 13.8. The molecule has 1 aliphatic heterocycles. The Labute approximate surface area is 130 Å². The van der Waals surface area contributed by atoms with Crippen LogP contribution in [0.3, 0.4) is 0 Å². The van der Waals surface area contributed by atoms with Gasteiger partial charge in [0.15, 0.2) is 12.1 Å². The number of hydrogen-bond donors (Lipinski definition) is 0. The van der Waals surface area contributed by atoms with Crippen LogP contribution in [0.15, 0.2) is 12.2 Å². The normalized spacial score (nSPS) is 21.9. The summed E-state index contributed by atoms with van der Waals surface area (Å²) in [6.45, 7) is 5.03. The van der Waals surface area contributed by atoms with E-state index in [1.807, 2.05) is 0 Å². The summed E-state index contributed by atoms with van der Waals surface area (Å²) in [6.07, 6.45) is 14.8. The molecule has 0 aromatic carbocycles. The minimum Gasteiger partial charge on any atom is -0.349 e. The summed E-state index contributed by atoms with van der Waals surface area (Å²) in [7, 11) is 0. The van der Waals surface area contributed by atoms with Crippen molar-refractivity contribution in [2.24, 2.45) is 0 Å². The van der Waals surface area contributed by atoms with Crippen LogP contribution in [-0.4, -0.2) is 24.8 Å². The number of unbranched alkanes of at least 4 members (excludes halogenated alkanes) is 7. The third-order valence-corrected chi connectivity index (χ3v) is 3.86. The lowest BCUT2D eigenvalue weighted by Crippen LogP contribution is -2.33. The Morgan fingerprint density at radius 3 is 2.33 bits per heavy atom. The number of ether oxygens (including phenoxy) is 2. The van der Waals surface area contributed by atoms with Crippen LogP contribution in [0.25, 0.3) is 0 Å². The molecule has 1 aliphatic rings. The van der Waals surface area contributed by atoms with E-state index in [-0.39, 0.29) is 18.2 Å². The third-order valence-electron chi connectivity index (χ3n) is 3.86. The summed E-state index contributed by atoms with van der Waals surface area (Å²) < 4.78 is 11.3. The molecule has 0 aromatic rings. The van der Waals surface area contributed by atoms with Crippen molar-refractivity contribution in [1.29, 1.82) is 0 Å². The maximum Gasteiger partial charge on any atom is 0.184 e. The second kappa shape index (κ2) is 11.9. The smallest absolute Gasteiger partial charge is 0.184 e. The van der Waals surface area contributed by atoms with E-state index in [9.17, 15) is 4.79 Å². The van der Waals surface area contributed by atoms with Crippen molar-refractivity contribution in [3.63, 3.8) is 0 Å². The fraction of sp³-hybridized carbons (Fsp3) is 0.833. The zero-order chi connectivity index (χ0) is 15.3. The number of carbonyl (C=O) groups excluding carboxylic acids is 1. The molecule has 0 amide bonds. The summed E-state index contributed by atoms with van der Waals surface area (Å²) in [5.74, 6) is 0.0729. The largest absolute Gasteiger partial charge is 0.349 e. The number of ketones is 1. The summed E-state index contributed by atoms with van der Waals surface area (Å²) in [5.41, 5.74) is 0. The lowest BCUT2D eigenvalue weighted by atomic mass is 10.1. The first-order valence-corrected chi connectivity index (χ1v) is 8.77. The topological polar surface area (TPSA) is 35.5 Å².